The van der Waals surface area contributed by atoms with Crippen LogP contribution < -0.4 is 14.8 Å². The smallest absolute Gasteiger partial charge is 0.416 e. The molecule has 7 nitrogen and oxygen atoms in total. The molecule has 5 rings (SSSR count). The summed E-state index contributed by atoms with van der Waals surface area (Å²) >= 11 is 6.07. The number of carbonyl (C=O) groups is 1. The van der Waals surface area contributed by atoms with Gasteiger partial charge in [0.15, 0.2) is 11.5 Å². The summed E-state index contributed by atoms with van der Waals surface area (Å²) in [5.41, 5.74) is 1.94. The molecule has 2 amide bonds. The molecule has 41 heavy (non-hydrogen) atoms. The van der Waals surface area contributed by atoms with Gasteiger partial charge in [-0.3, -0.25) is 4.90 Å². The van der Waals surface area contributed by atoms with Gasteiger partial charge in [0.1, 0.15) is 0 Å². The van der Waals surface area contributed by atoms with Crippen molar-refractivity contribution >= 4 is 17.6 Å². The van der Waals surface area contributed by atoms with Crippen molar-refractivity contribution in [3.05, 3.63) is 94.0 Å². The van der Waals surface area contributed by atoms with Gasteiger partial charge in [-0.05, 0) is 59.5 Å². The Balaban J connectivity index is 1.11. The minimum absolute atomic E-state index is 0.0989. The van der Waals surface area contributed by atoms with Gasteiger partial charge in [0, 0.05) is 44.3 Å². The highest BCUT2D eigenvalue weighted by Crippen LogP contribution is 2.33. The molecule has 1 N–H and O–H groups in total. The number of urea groups is 1. The Kier molecular flexibility index (Phi) is 9.22. The second-order valence-electron chi connectivity index (χ2n) is 10.0. The van der Waals surface area contributed by atoms with Crippen LogP contribution in [-0.2, 0) is 23.9 Å². The summed E-state index contributed by atoms with van der Waals surface area (Å²) < 4.78 is 55.7. The van der Waals surface area contributed by atoms with Crippen molar-refractivity contribution < 1.29 is 32.2 Å². The Labute approximate surface area is 241 Å². The van der Waals surface area contributed by atoms with E-state index in [1.807, 2.05) is 30.3 Å². The van der Waals surface area contributed by atoms with Gasteiger partial charge in [0.25, 0.3) is 0 Å². The Morgan fingerprint density at radius 3 is 2.32 bits per heavy atom. The molecule has 3 aromatic carbocycles. The maximum Gasteiger partial charge on any atom is 0.416 e. The van der Waals surface area contributed by atoms with E-state index in [1.165, 1.54) is 12.1 Å². The highest BCUT2D eigenvalue weighted by Gasteiger charge is 2.30. The molecule has 0 aliphatic carbocycles. The van der Waals surface area contributed by atoms with E-state index in [0.29, 0.717) is 56.3 Å². The number of hydrogen-bond donors (Lipinski definition) is 1. The molecule has 0 saturated carbocycles. The summed E-state index contributed by atoms with van der Waals surface area (Å²) in [6.45, 7) is 3.96. The monoisotopic (exact) mass is 589 g/mol. The highest BCUT2D eigenvalue weighted by molar-refractivity contribution is 6.30. The zero-order chi connectivity index (χ0) is 28.8. The first-order valence-corrected chi connectivity index (χ1v) is 13.8. The standard InChI is InChI=1S/C30H31ClF3N3O4/c31-25-8-4-23(5-9-25)28(39-19-22-1-6-24(7-2-22)30(32,33)34)18-36-13-15-37(16-14-36)29(38)35-12-11-21-3-10-26-27(17-21)41-20-40-26/h1-10,17,28H,11-16,18-20H2,(H,35,38). The van der Waals surface area contributed by atoms with Crippen LogP contribution in [0.3, 0.4) is 0 Å². The first kappa shape index (κ1) is 29.0. The average molecular weight is 590 g/mol. The molecule has 0 bridgehead atoms. The van der Waals surface area contributed by atoms with Crippen LogP contribution in [-0.4, -0.2) is 61.9 Å². The lowest BCUT2D eigenvalue weighted by molar-refractivity contribution is -0.137. The van der Waals surface area contributed by atoms with Crippen molar-refractivity contribution in [2.45, 2.75) is 25.3 Å². The maximum absolute atomic E-state index is 12.9. The number of alkyl halides is 3. The Hall–Kier alpha value is -3.47. The van der Waals surface area contributed by atoms with Gasteiger partial charge >= 0.3 is 12.2 Å². The minimum atomic E-state index is -4.38. The van der Waals surface area contributed by atoms with E-state index in [-0.39, 0.29) is 25.5 Å². The molecule has 2 aliphatic heterocycles. The second-order valence-corrected chi connectivity index (χ2v) is 10.4. The van der Waals surface area contributed by atoms with Gasteiger partial charge in [-0.1, -0.05) is 41.9 Å². The number of fused-ring (bicyclic) bond motifs is 1. The third-order valence-corrected chi connectivity index (χ3v) is 7.44. The molecule has 2 heterocycles. The van der Waals surface area contributed by atoms with E-state index in [2.05, 4.69) is 10.2 Å². The van der Waals surface area contributed by atoms with E-state index in [9.17, 15) is 18.0 Å². The van der Waals surface area contributed by atoms with E-state index >= 15 is 0 Å². The van der Waals surface area contributed by atoms with E-state index in [1.54, 1.807) is 17.0 Å². The minimum Gasteiger partial charge on any atom is -0.454 e. The lowest BCUT2D eigenvalue weighted by atomic mass is 10.1. The lowest BCUT2D eigenvalue weighted by Crippen LogP contribution is -2.52. The number of ether oxygens (including phenoxy) is 3. The van der Waals surface area contributed by atoms with Crippen LogP contribution in [0.15, 0.2) is 66.7 Å². The number of nitrogens with one attached hydrogen (secondary N) is 1. The Morgan fingerprint density at radius 1 is 0.927 bits per heavy atom. The SMILES string of the molecule is O=C(NCCc1ccc2c(c1)OCO2)N1CCN(CC(OCc2ccc(C(F)(F)F)cc2)c2ccc(Cl)cc2)CC1. The van der Waals surface area contributed by atoms with Gasteiger partial charge in [0.05, 0.1) is 18.3 Å². The van der Waals surface area contributed by atoms with E-state index in [4.69, 9.17) is 25.8 Å². The van der Waals surface area contributed by atoms with Crippen molar-refractivity contribution in [3.8, 4) is 11.5 Å². The normalized spacial score (nSPS) is 16.0. The molecule has 218 valence electrons. The van der Waals surface area contributed by atoms with Crippen LogP contribution >= 0.6 is 11.6 Å². The summed E-state index contributed by atoms with van der Waals surface area (Å²) in [7, 11) is 0. The van der Waals surface area contributed by atoms with E-state index < -0.39 is 11.7 Å². The molecule has 3 aromatic rings. The summed E-state index contributed by atoms with van der Waals surface area (Å²) in [6, 6.07) is 18.0. The molecule has 1 atom stereocenters. The summed E-state index contributed by atoms with van der Waals surface area (Å²) in [5.74, 6) is 1.46. The van der Waals surface area contributed by atoms with Gasteiger partial charge < -0.3 is 24.4 Å². The van der Waals surface area contributed by atoms with Gasteiger partial charge in [0.2, 0.25) is 6.79 Å². The molecule has 0 aromatic heterocycles. The van der Waals surface area contributed by atoms with Crippen molar-refractivity contribution in [1.82, 2.24) is 15.1 Å². The quantitative estimate of drug-likeness (QED) is 0.336. The third-order valence-electron chi connectivity index (χ3n) is 7.18. The number of piperazine rings is 1. The Bertz CT molecular complexity index is 1310. The first-order chi connectivity index (χ1) is 19.7. The van der Waals surface area contributed by atoms with Crippen LogP contribution in [0, 0.1) is 0 Å². The topological polar surface area (TPSA) is 63.3 Å². The molecule has 2 aliphatic rings. The number of halogens is 4. The molecular formula is C30H31ClF3N3O4. The van der Waals surface area contributed by atoms with Gasteiger partial charge in [-0.2, -0.15) is 13.2 Å². The summed E-state index contributed by atoms with van der Waals surface area (Å²) in [4.78, 5) is 16.8. The molecule has 1 unspecified atom stereocenters. The van der Waals surface area contributed by atoms with Crippen LogP contribution in [0.25, 0.3) is 0 Å². The second kappa shape index (κ2) is 13.0. The van der Waals surface area contributed by atoms with Crippen LogP contribution in [0.1, 0.15) is 28.4 Å². The molecule has 1 fully saturated rings. The third kappa shape index (κ3) is 7.84. The summed E-state index contributed by atoms with van der Waals surface area (Å²) in [5, 5.41) is 3.60. The van der Waals surface area contributed by atoms with Crippen LogP contribution in [0.5, 0.6) is 11.5 Å². The fraction of sp³-hybridized carbons (Fsp3) is 0.367. The zero-order valence-electron chi connectivity index (χ0n) is 22.3. The average Bonchev–Trinajstić information content (AvgIpc) is 3.44. The number of amides is 2. The van der Waals surface area contributed by atoms with Crippen molar-refractivity contribution in [2.75, 3.05) is 46.1 Å². The molecule has 11 heteroatoms. The largest absolute Gasteiger partial charge is 0.454 e. The Morgan fingerprint density at radius 2 is 1.61 bits per heavy atom. The predicted molar refractivity (Wildman–Crippen MR) is 148 cm³/mol. The molecule has 0 radical (unpaired) electrons. The summed E-state index contributed by atoms with van der Waals surface area (Å²) in [6.07, 6.45) is -4.02. The van der Waals surface area contributed by atoms with Crippen LogP contribution in [0.4, 0.5) is 18.0 Å². The first-order valence-electron chi connectivity index (χ1n) is 13.4. The predicted octanol–water partition coefficient (Wildman–Crippen LogP) is 5.92. The lowest BCUT2D eigenvalue weighted by Gasteiger charge is -2.36. The fourth-order valence-corrected chi connectivity index (χ4v) is 4.93. The van der Waals surface area contributed by atoms with Crippen molar-refractivity contribution in [3.63, 3.8) is 0 Å². The highest BCUT2D eigenvalue weighted by atomic mass is 35.5. The number of benzene rings is 3. The number of rotatable bonds is 9. The van der Waals surface area contributed by atoms with Gasteiger partial charge in [-0.25, -0.2) is 4.79 Å². The maximum atomic E-state index is 12.9. The number of nitrogens with zero attached hydrogens (tertiary/aromatic N) is 2. The molecule has 0 spiro atoms. The van der Waals surface area contributed by atoms with E-state index in [0.717, 1.165) is 34.8 Å². The number of carbonyl (C=O) groups excluding carboxylic acids is 1. The zero-order valence-corrected chi connectivity index (χ0v) is 23.1. The van der Waals surface area contributed by atoms with Crippen molar-refractivity contribution in [1.29, 1.82) is 0 Å². The fourth-order valence-electron chi connectivity index (χ4n) is 4.81. The van der Waals surface area contributed by atoms with Gasteiger partial charge in [-0.15, -0.1) is 0 Å². The van der Waals surface area contributed by atoms with Crippen LogP contribution in [0.2, 0.25) is 5.02 Å². The molecular weight excluding hydrogens is 559 g/mol. The van der Waals surface area contributed by atoms with Crippen molar-refractivity contribution in [2.24, 2.45) is 0 Å². The molecule has 1 saturated heterocycles. The number of hydrogen-bond acceptors (Lipinski definition) is 5.